The Kier molecular flexibility index (Phi) is 4.61. The summed E-state index contributed by atoms with van der Waals surface area (Å²) in [7, 11) is 0. The number of carbonyl (C=O) groups is 1. The van der Waals surface area contributed by atoms with Crippen LogP contribution in [0.15, 0.2) is 46.9 Å². The van der Waals surface area contributed by atoms with Crippen LogP contribution in [0.5, 0.6) is 0 Å². The Labute approximate surface area is 128 Å². The third kappa shape index (κ3) is 3.10. The molecule has 0 aliphatic heterocycles. The Morgan fingerprint density at radius 2 is 1.80 bits per heavy atom. The maximum atomic E-state index is 12.4. The van der Waals surface area contributed by atoms with Gasteiger partial charge in [-0.2, -0.15) is 0 Å². The van der Waals surface area contributed by atoms with Gasteiger partial charge in [0.05, 0.1) is 6.04 Å². The van der Waals surface area contributed by atoms with Crippen LogP contribution in [-0.2, 0) is 0 Å². The van der Waals surface area contributed by atoms with E-state index in [0.717, 1.165) is 26.7 Å². The molecule has 104 valence electrons. The minimum absolute atomic E-state index is 0.0329. The van der Waals surface area contributed by atoms with Crippen molar-refractivity contribution in [3.05, 3.63) is 69.2 Å². The van der Waals surface area contributed by atoms with E-state index >= 15 is 0 Å². The SMILES string of the molecule is Cc1cccc(C(=O)NC(C)c2ccccc2Br)c1C. The van der Waals surface area contributed by atoms with Crippen LogP contribution >= 0.6 is 15.9 Å². The van der Waals surface area contributed by atoms with Crippen molar-refractivity contribution in [1.29, 1.82) is 0 Å². The molecule has 1 N–H and O–H groups in total. The number of rotatable bonds is 3. The molecule has 0 aliphatic carbocycles. The van der Waals surface area contributed by atoms with Crippen LogP contribution in [-0.4, -0.2) is 5.91 Å². The summed E-state index contributed by atoms with van der Waals surface area (Å²) in [6.45, 7) is 5.99. The minimum atomic E-state index is -0.0435. The molecule has 0 saturated carbocycles. The molecule has 0 bridgehead atoms. The van der Waals surface area contributed by atoms with Crippen LogP contribution in [0, 0.1) is 13.8 Å². The Morgan fingerprint density at radius 3 is 2.50 bits per heavy atom. The highest BCUT2D eigenvalue weighted by Gasteiger charge is 2.15. The van der Waals surface area contributed by atoms with Crippen molar-refractivity contribution in [1.82, 2.24) is 5.32 Å². The number of benzene rings is 2. The molecule has 0 fully saturated rings. The molecule has 0 aliphatic rings. The zero-order chi connectivity index (χ0) is 14.7. The summed E-state index contributed by atoms with van der Waals surface area (Å²) >= 11 is 3.52. The topological polar surface area (TPSA) is 29.1 Å². The summed E-state index contributed by atoms with van der Waals surface area (Å²) < 4.78 is 1.01. The molecule has 1 amide bonds. The molecule has 0 heterocycles. The van der Waals surface area contributed by atoms with Crippen molar-refractivity contribution < 1.29 is 4.79 Å². The predicted octanol–water partition coefficient (Wildman–Crippen LogP) is 4.56. The third-order valence-electron chi connectivity index (χ3n) is 3.57. The first kappa shape index (κ1) is 14.8. The third-order valence-corrected chi connectivity index (χ3v) is 4.29. The van der Waals surface area contributed by atoms with E-state index in [-0.39, 0.29) is 11.9 Å². The van der Waals surface area contributed by atoms with Gasteiger partial charge in [-0.3, -0.25) is 4.79 Å². The van der Waals surface area contributed by atoms with Crippen LogP contribution in [0.4, 0.5) is 0 Å². The Morgan fingerprint density at radius 1 is 1.10 bits per heavy atom. The van der Waals surface area contributed by atoms with E-state index in [9.17, 15) is 4.79 Å². The number of carbonyl (C=O) groups excluding carboxylic acids is 1. The molecular formula is C17H18BrNO. The smallest absolute Gasteiger partial charge is 0.252 e. The average Bonchev–Trinajstić information content (AvgIpc) is 2.42. The summed E-state index contributed by atoms with van der Waals surface area (Å²) in [5, 5.41) is 3.05. The molecule has 2 aromatic rings. The first-order valence-corrected chi connectivity index (χ1v) is 7.41. The molecule has 20 heavy (non-hydrogen) atoms. The number of aryl methyl sites for hydroxylation is 1. The largest absolute Gasteiger partial charge is 0.345 e. The summed E-state index contributed by atoms with van der Waals surface area (Å²) in [6, 6.07) is 13.7. The molecule has 2 nitrogen and oxygen atoms in total. The quantitative estimate of drug-likeness (QED) is 0.877. The van der Waals surface area contributed by atoms with Gasteiger partial charge >= 0.3 is 0 Å². The monoisotopic (exact) mass is 331 g/mol. The lowest BCUT2D eigenvalue weighted by Gasteiger charge is -2.17. The van der Waals surface area contributed by atoms with E-state index in [1.165, 1.54) is 0 Å². The number of halogens is 1. The predicted molar refractivity (Wildman–Crippen MR) is 85.9 cm³/mol. The first-order chi connectivity index (χ1) is 9.50. The molecule has 2 aromatic carbocycles. The van der Waals surface area contributed by atoms with Gasteiger partial charge in [0.15, 0.2) is 0 Å². The van der Waals surface area contributed by atoms with Crippen molar-refractivity contribution >= 4 is 21.8 Å². The summed E-state index contributed by atoms with van der Waals surface area (Å²) in [4.78, 5) is 12.4. The van der Waals surface area contributed by atoms with Crippen LogP contribution in [0.3, 0.4) is 0 Å². The van der Waals surface area contributed by atoms with Gasteiger partial charge in [-0.15, -0.1) is 0 Å². The number of nitrogens with one attached hydrogen (secondary N) is 1. The Hall–Kier alpha value is -1.61. The fraction of sp³-hybridized carbons (Fsp3) is 0.235. The van der Waals surface area contributed by atoms with Crippen LogP contribution in [0.1, 0.15) is 40.0 Å². The lowest BCUT2D eigenvalue weighted by Crippen LogP contribution is -2.27. The second-order valence-corrected chi connectivity index (χ2v) is 5.82. The summed E-state index contributed by atoms with van der Waals surface area (Å²) in [6.07, 6.45) is 0. The molecule has 0 spiro atoms. The van der Waals surface area contributed by atoms with Crippen molar-refractivity contribution in [3.8, 4) is 0 Å². The summed E-state index contributed by atoms with van der Waals surface area (Å²) in [5.41, 5.74) is 3.98. The fourth-order valence-corrected chi connectivity index (χ4v) is 2.80. The number of hydrogen-bond donors (Lipinski definition) is 1. The van der Waals surface area contributed by atoms with Gasteiger partial charge < -0.3 is 5.32 Å². The first-order valence-electron chi connectivity index (χ1n) is 6.62. The highest BCUT2D eigenvalue weighted by atomic mass is 79.9. The Bertz CT molecular complexity index is 637. The molecule has 3 heteroatoms. The van der Waals surface area contributed by atoms with Gasteiger partial charge in [-0.1, -0.05) is 46.3 Å². The lowest BCUT2D eigenvalue weighted by atomic mass is 10.0. The van der Waals surface area contributed by atoms with Crippen molar-refractivity contribution in [3.63, 3.8) is 0 Å². The van der Waals surface area contributed by atoms with Crippen LogP contribution in [0.25, 0.3) is 0 Å². The molecule has 0 radical (unpaired) electrons. The number of amides is 1. The standard InChI is InChI=1S/C17H18BrNO/c1-11-7-6-9-14(12(11)2)17(20)19-13(3)15-8-4-5-10-16(15)18/h4-10,13H,1-3H3,(H,19,20). The maximum Gasteiger partial charge on any atom is 0.252 e. The van der Waals surface area contributed by atoms with Gasteiger partial charge in [0, 0.05) is 10.0 Å². The molecule has 2 rings (SSSR count). The molecule has 0 aromatic heterocycles. The van der Waals surface area contributed by atoms with Gasteiger partial charge in [-0.05, 0) is 49.6 Å². The minimum Gasteiger partial charge on any atom is -0.345 e. The zero-order valence-electron chi connectivity index (χ0n) is 11.9. The van der Waals surface area contributed by atoms with Gasteiger partial charge in [0.25, 0.3) is 5.91 Å². The lowest BCUT2D eigenvalue weighted by molar-refractivity contribution is 0.0939. The van der Waals surface area contributed by atoms with Crippen LogP contribution in [0.2, 0.25) is 0 Å². The zero-order valence-corrected chi connectivity index (χ0v) is 13.5. The fourth-order valence-electron chi connectivity index (χ4n) is 2.18. The van der Waals surface area contributed by atoms with E-state index in [1.54, 1.807) is 0 Å². The van der Waals surface area contributed by atoms with Gasteiger partial charge in [-0.25, -0.2) is 0 Å². The second-order valence-electron chi connectivity index (χ2n) is 4.96. The maximum absolute atomic E-state index is 12.4. The van der Waals surface area contributed by atoms with Gasteiger partial charge in [0.2, 0.25) is 0 Å². The van der Waals surface area contributed by atoms with E-state index in [0.29, 0.717) is 0 Å². The normalized spacial score (nSPS) is 12.0. The highest BCUT2D eigenvalue weighted by molar-refractivity contribution is 9.10. The molecule has 1 atom stereocenters. The Balaban J connectivity index is 2.20. The summed E-state index contributed by atoms with van der Waals surface area (Å²) in [5.74, 6) is -0.0329. The van der Waals surface area contributed by atoms with Crippen molar-refractivity contribution in [2.24, 2.45) is 0 Å². The second kappa shape index (κ2) is 6.23. The molecule has 0 saturated heterocycles. The average molecular weight is 332 g/mol. The van der Waals surface area contributed by atoms with Crippen molar-refractivity contribution in [2.45, 2.75) is 26.8 Å². The van der Waals surface area contributed by atoms with E-state index < -0.39 is 0 Å². The van der Waals surface area contributed by atoms with E-state index in [1.807, 2.05) is 63.2 Å². The van der Waals surface area contributed by atoms with Crippen molar-refractivity contribution in [2.75, 3.05) is 0 Å². The van der Waals surface area contributed by atoms with E-state index in [2.05, 4.69) is 21.2 Å². The van der Waals surface area contributed by atoms with Crippen LogP contribution < -0.4 is 5.32 Å². The molecular weight excluding hydrogens is 314 g/mol. The van der Waals surface area contributed by atoms with E-state index in [4.69, 9.17) is 0 Å². The molecule has 1 unspecified atom stereocenters. The number of hydrogen-bond acceptors (Lipinski definition) is 1. The highest BCUT2D eigenvalue weighted by Crippen LogP contribution is 2.23. The van der Waals surface area contributed by atoms with Gasteiger partial charge in [0.1, 0.15) is 0 Å².